The summed E-state index contributed by atoms with van der Waals surface area (Å²) in [6.07, 6.45) is 0. The molecular formula is C7H8CaO2S2. The van der Waals surface area contributed by atoms with Crippen LogP contribution in [0.4, 0.5) is 0 Å². The topological polar surface area (TPSA) is 29.5 Å². The standard InChI is InChI=1S/C7H6O2S2.Ca.2H/c8-5-1-3-6(4-2-5)9-7(10)11;;;/h1-4,8H,(H,10,11);;;/q;+2;2*-1. The molecule has 0 aliphatic heterocycles. The van der Waals surface area contributed by atoms with Crippen molar-refractivity contribution in [2.75, 3.05) is 0 Å². The maximum absolute atomic E-state index is 8.88. The fraction of sp³-hybridized carbons (Fsp3) is 0. The van der Waals surface area contributed by atoms with Gasteiger partial charge in [-0.15, -0.1) is 0 Å². The van der Waals surface area contributed by atoms with Crippen LogP contribution in [-0.2, 0) is 0 Å². The predicted octanol–water partition coefficient (Wildman–Crippen LogP) is 1.83. The number of thiol groups is 1. The summed E-state index contributed by atoms with van der Waals surface area (Å²) >= 11 is 8.37. The van der Waals surface area contributed by atoms with Gasteiger partial charge in [0.15, 0.2) is 0 Å². The molecule has 0 amide bonds. The Morgan fingerprint density at radius 2 is 1.92 bits per heavy atom. The molecule has 0 spiro atoms. The number of rotatable bonds is 1. The smallest absolute Gasteiger partial charge is 1.00 e. The molecule has 0 radical (unpaired) electrons. The van der Waals surface area contributed by atoms with E-state index in [1.54, 1.807) is 12.1 Å². The van der Waals surface area contributed by atoms with Gasteiger partial charge in [0, 0.05) is 0 Å². The van der Waals surface area contributed by atoms with Gasteiger partial charge >= 0.3 is 37.7 Å². The number of phenols is 1. The summed E-state index contributed by atoms with van der Waals surface area (Å²) in [5.74, 6) is 0.769. The van der Waals surface area contributed by atoms with Gasteiger partial charge in [0.05, 0.1) is 0 Å². The van der Waals surface area contributed by atoms with Gasteiger partial charge < -0.3 is 12.7 Å². The van der Waals surface area contributed by atoms with E-state index in [0.717, 1.165) is 0 Å². The van der Waals surface area contributed by atoms with Crippen molar-refractivity contribution in [1.29, 1.82) is 0 Å². The molecule has 2 nitrogen and oxygen atoms in total. The third-order valence-electron chi connectivity index (χ3n) is 1.04. The van der Waals surface area contributed by atoms with Crippen LogP contribution >= 0.6 is 24.8 Å². The second-order valence-corrected chi connectivity index (χ2v) is 2.94. The Kier molecular flexibility index (Phi) is 6.31. The van der Waals surface area contributed by atoms with Gasteiger partial charge in [-0.3, -0.25) is 0 Å². The molecule has 5 heteroatoms. The Balaban J connectivity index is -0.000000403. The molecule has 0 atom stereocenters. The molecule has 12 heavy (non-hydrogen) atoms. The van der Waals surface area contributed by atoms with Crippen LogP contribution < -0.4 is 4.74 Å². The van der Waals surface area contributed by atoms with E-state index in [9.17, 15) is 0 Å². The van der Waals surface area contributed by atoms with Gasteiger partial charge in [0.2, 0.25) is 4.38 Å². The molecule has 1 aromatic rings. The SMILES string of the molecule is Oc1ccc(OC(=S)S)cc1.[Ca+2].[H-].[H-]. The van der Waals surface area contributed by atoms with Gasteiger partial charge in [-0.2, -0.15) is 0 Å². The molecule has 0 saturated carbocycles. The Morgan fingerprint density at radius 3 is 2.33 bits per heavy atom. The normalized spacial score (nSPS) is 8.42. The van der Waals surface area contributed by atoms with Crippen molar-refractivity contribution in [3.63, 3.8) is 0 Å². The molecule has 0 unspecified atom stereocenters. The summed E-state index contributed by atoms with van der Waals surface area (Å²) < 4.78 is 5.12. The molecule has 0 fully saturated rings. The molecular weight excluding hydrogens is 220 g/mol. The molecule has 1 aromatic carbocycles. The van der Waals surface area contributed by atoms with Crippen LogP contribution in [0.2, 0.25) is 0 Å². The van der Waals surface area contributed by atoms with Gasteiger partial charge in [-0.05, 0) is 36.5 Å². The summed E-state index contributed by atoms with van der Waals surface area (Å²) in [6, 6.07) is 6.25. The molecule has 0 aliphatic rings. The number of benzene rings is 1. The van der Waals surface area contributed by atoms with E-state index in [4.69, 9.17) is 9.84 Å². The van der Waals surface area contributed by atoms with E-state index < -0.39 is 0 Å². The first-order valence-electron chi connectivity index (χ1n) is 2.88. The van der Waals surface area contributed by atoms with Crippen molar-refractivity contribution in [1.82, 2.24) is 0 Å². The fourth-order valence-electron chi connectivity index (χ4n) is 0.615. The van der Waals surface area contributed by atoms with Crippen LogP contribution in [0.15, 0.2) is 24.3 Å². The third kappa shape index (κ3) is 4.52. The van der Waals surface area contributed by atoms with E-state index in [0.29, 0.717) is 5.75 Å². The Bertz CT molecular complexity index is 269. The van der Waals surface area contributed by atoms with Gasteiger partial charge in [0.25, 0.3) is 0 Å². The largest absolute Gasteiger partial charge is 2.00 e. The van der Waals surface area contributed by atoms with Crippen LogP contribution in [0.25, 0.3) is 0 Å². The molecule has 62 valence electrons. The minimum absolute atomic E-state index is 0. The summed E-state index contributed by atoms with van der Waals surface area (Å²) in [7, 11) is 0. The maximum Gasteiger partial charge on any atom is 2.00 e. The van der Waals surface area contributed by atoms with E-state index >= 15 is 0 Å². The van der Waals surface area contributed by atoms with E-state index in [1.807, 2.05) is 0 Å². The second kappa shape index (κ2) is 6.05. The van der Waals surface area contributed by atoms with Crippen molar-refractivity contribution in [2.45, 2.75) is 0 Å². The fourth-order valence-corrected chi connectivity index (χ4v) is 0.817. The zero-order valence-corrected chi connectivity index (χ0v) is 10.1. The average Bonchev–Trinajstić information content (AvgIpc) is 1.93. The van der Waals surface area contributed by atoms with Gasteiger partial charge in [0.1, 0.15) is 11.5 Å². The van der Waals surface area contributed by atoms with Gasteiger partial charge in [-0.1, -0.05) is 12.6 Å². The van der Waals surface area contributed by atoms with Crippen molar-refractivity contribution in [3.05, 3.63) is 24.3 Å². The summed E-state index contributed by atoms with van der Waals surface area (Å²) in [5.41, 5.74) is 0. The second-order valence-electron chi connectivity index (χ2n) is 1.86. The monoisotopic (exact) mass is 228 g/mol. The zero-order chi connectivity index (χ0) is 8.27. The maximum atomic E-state index is 8.88. The first-order valence-corrected chi connectivity index (χ1v) is 3.74. The number of ether oxygens (including phenoxy) is 1. The zero-order valence-electron chi connectivity index (χ0n) is 8.23. The van der Waals surface area contributed by atoms with Crippen molar-refractivity contribution >= 4 is 67.0 Å². The quantitative estimate of drug-likeness (QED) is 0.436. The number of thiocarbonyl (C=S) groups is 1. The molecule has 0 bridgehead atoms. The minimum Gasteiger partial charge on any atom is -1.00 e. The molecule has 1 N–H and O–H groups in total. The van der Waals surface area contributed by atoms with Crippen molar-refractivity contribution in [3.8, 4) is 11.5 Å². The van der Waals surface area contributed by atoms with Crippen molar-refractivity contribution < 1.29 is 12.7 Å². The minimum atomic E-state index is 0. The Labute approximate surface area is 114 Å². The Morgan fingerprint density at radius 1 is 1.42 bits per heavy atom. The molecule has 0 saturated heterocycles. The van der Waals surface area contributed by atoms with Crippen LogP contribution in [0, 0.1) is 0 Å². The van der Waals surface area contributed by atoms with E-state index in [2.05, 4.69) is 24.8 Å². The molecule has 0 aromatic heterocycles. The average molecular weight is 228 g/mol. The molecule has 1 rings (SSSR count). The van der Waals surface area contributed by atoms with Gasteiger partial charge in [-0.25, -0.2) is 0 Å². The summed E-state index contributed by atoms with van der Waals surface area (Å²) in [4.78, 5) is 0. The number of phenolic OH excluding ortho intramolecular Hbond substituents is 1. The van der Waals surface area contributed by atoms with E-state index in [1.165, 1.54) is 12.1 Å². The predicted molar refractivity (Wildman–Crippen MR) is 58.3 cm³/mol. The van der Waals surface area contributed by atoms with E-state index in [-0.39, 0.29) is 50.7 Å². The number of hydrogen-bond donors (Lipinski definition) is 2. The van der Waals surface area contributed by atoms with Crippen LogP contribution in [0.5, 0.6) is 11.5 Å². The van der Waals surface area contributed by atoms with Crippen LogP contribution in [0.1, 0.15) is 2.85 Å². The van der Waals surface area contributed by atoms with Crippen molar-refractivity contribution in [2.24, 2.45) is 0 Å². The van der Waals surface area contributed by atoms with Crippen LogP contribution in [-0.4, -0.2) is 47.2 Å². The third-order valence-corrected chi connectivity index (χ3v) is 1.22. The van der Waals surface area contributed by atoms with Crippen LogP contribution in [0.3, 0.4) is 0 Å². The molecule has 0 aliphatic carbocycles. The molecule has 0 heterocycles. The first kappa shape index (κ1) is 12.5. The number of hydrogen-bond acceptors (Lipinski definition) is 3. The summed E-state index contributed by atoms with van der Waals surface area (Å²) in [6.45, 7) is 0. The Hall–Kier alpha value is 0.520. The summed E-state index contributed by atoms with van der Waals surface area (Å²) in [5, 5.41) is 8.88. The number of aromatic hydroxyl groups is 1. The first-order chi connectivity index (χ1) is 5.18.